The SMILES string of the molecule is CC(N)C(=O)OC(C)(C)COc1ccc2c(C(N)=O)cnn2c1.O=c1[nH]nc(CCC2CCC2)c2ccccc12. The topological polar surface area (TPSA) is 168 Å². The number of nitrogens with two attached hydrogens (primary N) is 2. The van der Waals surface area contributed by atoms with Crippen molar-refractivity contribution in [2.45, 2.75) is 64.5 Å². The van der Waals surface area contributed by atoms with Gasteiger partial charge in [0.1, 0.15) is 24.0 Å². The first-order chi connectivity index (χ1) is 19.0. The largest absolute Gasteiger partial charge is 0.488 e. The zero-order chi connectivity index (χ0) is 28.9. The number of pyridine rings is 1. The Labute approximate surface area is 231 Å². The van der Waals surface area contributed by atoms with E-state index >= 15 is 0 Å². The molecule has 0 saturated heterocycles. The van der Waals surface area contributed by atoms with Crippen LogP contribution in [0.2, 0.25) is 0 Å². The number of fused-ring (bicyclic) bond motifs is 2. The van der Waals surface area contributed by atoms with Crippen LogP contribution in [0.4, 0.5) is 0 Å². The molecule has 4 aromatic rings. The summed E-state index contributed by atoms with van der Waals surface area (Å²) in [6, 6.07) is 10.4. The van der Waals surface area contributed by atoms with Crippen molar-refractivity contribution >= 4 is 28.2 Å². The van der Waals surface area contributed by atoms with Gasteiger partial charge < -0.3 is 20.9 Å². The average Bonchev–Trinajstić information content (AvgIpc) is 3.32. The highest BCUT2D eigenvalue weighted by molar-refractivity contribution is 5.99. The predicted molar refractivity (Wildman–Crippen MR) is 151 cm³/mol. The third-order valence-electron chi connectivity index (χ3n) is 6.88. The molecule has 1 aliphatic rings. The lowest BCUT2D eigenvalue weighted by atomic mass is 9.81. The summed E-state index contributed by atoms with van der Waals surface area (Å²) in [5.74, 6) is 0.355. The van der Waals surface area contributed by atoms with Crippen molar-refractivity contribution in [3.05, 3.63) is 70.4 Å². The van der Waals surface area contributed by atoms with Crippen molar-refractivity contribution in [1.29, 1.82) is 0 Å². The minimum Gasteiger partial charge on any atom is -0.488 e. The summed E-state index contributed by atoms with van der Waals surface area (Å²) in [6.45, 7) is 5.15. The molecule has 11 nitrogen and oxygen atoms in total. The van der Waals surface area contributed by atoms with Crippen LogP contribution in [0.5, 0.6) is 5.75 Å². The molecule has 1 aromatic carbocycles. The van der Waals surface area contributed by atoms with Gasteiger partial charge in [-0.05, 0) is 57.7 Å². The molecule has 3 heterocycles. The minimum atomic E-state index is -0.831. The number of carbonyl (C=O) groups excluding carboxylic acids is 2. The van der Waals surface area contributed by atoms with Gasteiger partial charge in [-0.3, -0.25) is 14.4 Å². The summed E-state index contributed by atoms with van der Waals surface area (Å²) < 4.78 is 12.4. The van der Waals surface area contributed by atoms with Crippen LogP contribution in [0.25, 0.3) is 16.3 Å². The quantitative estimate of drug-likeness (QED) is 0.268. The van der Waals surface area contributed by atoms with Crippen molar-refractivity contribution in [2.75, 3.05) is 6.61 Å². The molecule has 1 fully saturated rings. The molecule has 1 atom stereocenters. The number of H-pyrrole nitrogens is 1. The summed E-state index contributed by atoms with van der Waals surface area (Å²) >= 11 is 0. The van der Waals surface area contributed by atoms with Crippen molar-refractivity contribution in [3.63, 3.8) is 0 Å². The number of amides is 1. The number of aryl methyl sites for hydroxylation is 1. The number of nitrogens with one attached hydrogen (secondary N) is 1. The van der Waals surface area contributed by atoms with Crippen LogP contribution in [0, 0.1) is 5.92 Å². The normalized spacial score (nSPS) is 14.2. The molecule has 0 bridgehead atoms. The van der Waals surface area contributed by atoms with Crippen molar-refractivity contribution in [3.8, 4) is 5.75 Å². The molecule has 1 saturated carbocycles. The molecule has 40 heavy (non-hydrogen) atoms. The van der Waals surface area contributed by atoms with Crippen LogP contribution < -0.4 is 21.8 Å². The Balaban J connectivity index is 0.000000192. The maximum atomic E-state index is 11.6. The minimum absolute atomic E-state index is 0.0898. The lowest BCUT2D eigenvalue weighted by Crippen LogP contribution is -2.40. The van der Waals surface area contributed by atoms with E-state index in [1.165, 1.54) is 36.4 Å². The number of carbonyl (C=O) groups is 2. The van der Waals surface area contributed by atoms with Crippen LogP contribution in [-0.4, -0.2) is 49.9 Å². The van der Waals surface area contributed by atoms with Gasteiger partial charge in [0.15, 0.2) is 0 Å². The number of aromatic nitrogens is 4. The zero-order valence-corrected chi connectivity index (χ0v) is 23.1. The Kier molecular flexibility index (Phi) is 8.83. The van der Waals surface area contributed by atoms with E-state index < -0.39 is 23.5 Å². The number of rotatable bonds is 9. The lowest BCUT2D eigenvalue weighted by Gasteiger charge is -2.26. The van der Waals surface area contributed by atoms with Crippen LogP contribution in [0.15, 0.2) is 53.6 Å². The van der Waals surface area contributed by atoms with E-state index in [1.807, 2.05) is 24.3 Å². The Morgan fingerprint density at radius 3 is 2.55 bits per heavy atom. The number of aromatic amines is 1. The monoisotopic (exact) mass is 548 g/mol. The highest BCUT2D eigenvalue weighted by Crippen LogP contribution is 2.30. The molecule has 0 aliphatic heterocycles. The molecule has 3 aromatic heterocycles. The van der Waals surface area contributed by atoms with E-state index in [1.54, 1.807) is 39.1 Å². The van der Waals surface area contributed by atoms with Gasteiger partial charge in [0.2, 0.25) is 0 Å². The lowest BCUT2D eigenvalue weighted by molar-refractivity contribution is -0.160. The number of nitrogens with zero attached hydrogens (tertiary/aromatic N) is 3. The van der Waals surface area contributed by atoms with Crippen LogP contribution in [0.1, 0.15) is 62.5 Å². The van der Waals surface area contributed by atoms with Gasteiger partial charge in [-0.25, -0.2) is 9.61 Å². The fraction of sp³-hybridized carbons (Fsp3) is 0.414. The third kappa shape index (κ3) is 7.03. The molecule has 0 spiro atoms. The number of esters is 1. The Morgan fingerprint density at radius 2 is 1.90 bits per heavy atom. The van der Waals surface area contributed by atoms with E-state index in [2.05, 4.69) is 15.3 Å². The number of ether oxygens (including phenoxy) is 2. The molecular formula is C29H36N6O5. The smallest absolute Gasteiger partial charge is 0.323 e. The van der Waals surface area contributed by atoms with Crippen molar-refractivity contribution in [1.82, 2.24) is 19.8 Å². The fourth-order valence-corrected chi connectivity index (χ4v) is 4.38. The molecule has 1 unspecified atom stereocenters. The fourth-order valence-electron chi connectivity index (χ4n) is 4.38. The molecular weight excluding hydrogens is 512 g/mol. The van der Waals surface area contributed by atoms with E-state index in [9.17, 15) is 14.4 Å². The van der Waals surface area contributed by atoms with Gasteiger partial charge in [-0.1, -0.05) is 37.5 Å². The molecule has 5 rings (SSSR count). The van der Waals surface area contributed by atoms with Crippen molar-refractivity contribution in [2.24, 2.45) is 17.4 Å². The maximum absolute atomic E-state index is 11.6. The maximum Gasteiger partial charge on any atom is 0.323 e. The Morgan fingerprint density at radius 1 is 1.18 bits per heavy atom. The Hall–Kier alpha value is -4.25. The van der Waals surface area contributed by atoms with Crippen LogP contribution in [0.3, 0.4) is 0 Å². The number of hydrogen-bond acceptors (Lipinski definition) is 8. The van der Waals surface area contributed by atoms with E-state index in [4.69, 9.17) is 20.9 Å². The zero-order valence-electron chi connectivity index (χ0n) is 23.1. The second-order valence-electron chi connectivity index (χ2n) is 10.8. The summed E-state index contributed by atoms with van der Waals surface area (Å²) in [5, 5.41) is 12.6. The van der Waals surface area contributed by atoms with Gasteiger partial charge in [-0.2, -0.15) is 10.2 Å². The highest BCUT2D eigenvalue weighted by Gasteiger charge is 2.26. The highest BCUT2D eigenvalue weighted by atomic mass is 16.6. The van der Waals surface area contributed by atoms with Gasteiger partial charge in [0.25, 0.3) is 11.5 Å². The summed E-state index contributed by atoms with van der Waals surface area (Å²) in [7, 11) is 0. The predicted octanol–water partition coefficient (Wildman–Crippen LogP) is 3.14. The second kappa shape index (κ2) is 12.3. The van der Waals surface area contributed by atoms with E-state index in [0.717, 1.165) is 28.8 Å². The number of hydrogen-bond donors (Lipinski definition) is 3. The molecule has 11 heteroatoms. The van der Waals surface area contributed by atoms with Gasteiger partial charge >= 0.3 is 5.97 Å². The summed E-state index contributed by atoms with van der Waals surface area (Å²) in [4.78, 5) is 34.4. The van der Waals surface area contributed by atoms with E-state index in [-0.39, 0.29) is 12.2 Å². The second-order valence-corrected chi connectivity index (χ2v) is 10.8. The van der Waals surface area contributed by atoms with Gasteiger partial charge in [0, 0.05) is 5.39 Å². The summed E-state index contributed by atoms with van der Waals surface area (Å²) in [5.41, 5.74) is 11.8. The molecule has 5 N–H and O–H groups in total. The molecule has 1 aliphatic carbocycles. The Bertz CT molecular complexity index is 1550. The van der Waals surface area contributed by atoms with Crippen LogP contribution >= 0.6 is 0 Å². The average molecular weight is 549 g/mol. The first-order valence-electron chi connectivity index (χ1n) is 13.4. The molecule has 1 amide bonds. The first-order valence-corrected chi connectivity index (χ1v) is 13.4. The van der Waals surface area contributed by atoms with Crippen molar-refractivity contribution < 1.29 is 19.1 Å². The van der Waals surface area contributed by atoms with Crippen LogP contribution in [-0.2, 0) is 16.0 Å². The molecule has 0 radical (unpaired) electrons. The molecule has 212 valence electrons. The standard InChI is InChI=1S/C15H20N4O4.C14H16N2O/c1-9(16)14(21)23-15(2,3)8-22-10-4-5-12-11(13(17)20)6-18-19(12)7-10;17-14-12-7-2-1-6-11(12)13(15-16-14)9-8-10-4-3-5-10/h4-7,9H,8,16H2,1-3H3,(H2,17,20);1-2,6-7,10H,3-5,8-9H2,(H,16,17). The number of primary amides is 1. The van der Waals surface area contributed by atoms with Gasteiger partial charge in [0.05, 0.1) is 34.6 Å². The van der Waals surface area contributed by atoms with Gasteiger partial charge in [-0.15, -0.1) is 0 Å². The first kappa shape index (κ1) is 28.8. The van der Waals surface area contributed by atoms with E-state index in [0.29, 0.717) is 16.8 Å². The summed E-state index contributed by atoms with van der Waals surface area (Å²) in [6.07, 6.45) is 9.29. The third-order valence-corrected chi connectivity index (χ3v) is 6.88. The number of benzene rings is 1.